The van der Waals surface area contributed by atoms with Crippen LogP contribution in [0.1, 0.15) is 6.92 Å². The van der Waals surface area contributed by atoms with E-state index in [1.165, 1.54) is 0 Å². The van der Waals surface area contributed by atoms with Crippen LogP contribution in [0.5, 0.6) is 5.75 Å². The lowest BCUT2D eigenvalue weighted by Crippen LogP contribution is -2.02. The van der Waals surface area contributed by atoms with E-state index in [2.05, 4.69) is 21.2 Å². The molecule has 0 heterocycles. The Labute approximate surface area is 86.4 Å². The van der Waals surface area contributed by atoms with Crippen molar-refractivity contribution in [1.82, 2.24) is 0 Å². The molecule has 1 aromatic rings. The predicted molar refractivity (Wildman–Crippen MR) is 59.3 cm³/mol. The molecule has 0 unspecified atom stereocenters. The van der Waals surface area contributed by atoms with E-state index in [1.807, 2.05) is 19.1 Å². The van der Waals surface area contributed by atoms with Gasteiger partial charge in [-0.2, -0.15) is 0 Å². The van der Waals surface area contributed by atoms with Gasteiger partial charge in [-0.25, -0.2) is 0 Å². The molecule has 72 valence electrons. The molecule has 1 aromatic carbocycles. The van der Waals surface area contributed by atoms with Crippen molar-refractivity contribution in [2.24, 2.45) is 0 Å². The fraction of sp³-hybridized carbons (Fsp3) is 0.333. The molecule has 0 spiro atoms. The van der Waals surface area contributed by atoms with Gasteiger partial charge in [0.25, 0.3) is 0 Å². The van der Waals surface area contributed by atoms with Crippen molar-refractivity contribution in [3.05, 3.63) is 16.6 Å². The summed E-state index contributed by atoms with van der Waals surface area (Å²) < 4.78 is 6.02. The first-order chi connectivity index (χ1) is 6.20. The zero-order valence-corrected chi connectivity index (χ0v) is 9.31. The number of benzene rings is 1. The summed E-state index contributed by atoms with van der Waals surface area (Å²) in [5.41, 5.74) is 7.41. The van der Waals surface area contributed by atoms with Gasteiger partial charge in [0.1, 0.15) is 0 Å². The number of nitrogens with two attached hydrogens (primary N) is 1. The normalized spacial score (nSPS) is 9.77. The number of rotatable bonds is 3. The second-order valence-electron chi connectivity index (χ2n) is 2.57. The maximum atomic E-state index is 5.86. The van der Waals surface area contributed by atoms with Crippen LogP contribution in [0.15, 0.2) is 16.6 Å². The molecule has 0 fully saturated rings. The van der Waals surface area contributed by atoms with Gasteiger partial charge < -0.3 is 15.8 Å². The highest BCUT2D eigenvalue weighted by atomic mass is 79.9. The summed E-state index contributed by atoms with van der Waals surface area (Å²) in [6, 6.07) is 3.83. The molecule has 0 atom stereocenters. The zero-order chi connectivity index (χ0) is 9.84. The predicted octanol–water partition coefficient (Wildman–Crippen LogP) is 2.47. The first-order valence-corrected chi connectivity index (χ1v) is 4.85. The summed E-state index contributed by atoms with van der Waals surface area (Å²) >= 11 is 3.36. The first kappa shape index (κ1) is 10.2. The van der Waals surface area contributed by atoms with Crippen LogP contribution in [-0.4, -0.2) is 13.7 Å². The highest BCUT2D eigenvalue weighted by molar-refractivity contribution is 9.10. The van der Waals surface area contributed by atoms with E-state index < -0.39 is 0 Å². The molecule has 0 bridgehead atoms. The average molecular weight is 245 g/mol. The molecular weight excluding hydrogens is 232 g/mol. The van der Waals surface area contributed by atoms with Gasteiger partial charge in [0.15, 0.2) is 5.75 Å². The molecule has 0 amide bonds. The number of ether oxygens (including phenoxy) is 1. The summed E-state index contributed by atoms with van der Waals surface area (Å²) in [5.74, 6) is 0.679. The Bertz CT molecular complexity index is 302. The largest absolute Gasteiger partial charge is 0.493 e. The van der Waals surface area contributed by atoms with Crippen molar-refractivity contribution >= 4 is 27.3 Å². The quantitative estimate of drug-likeness (QED) is 0.804. The Hall–Kier alpha value is -0.900. The molecule has 0 aromatic heterocycles. The SMILES string of the molecule is CCNc1ccc(Br)c(OC)c1N. The van der Waals surface area contributed by atoms with E-state index >= 15 is 0 Å². The average Bonchev–Trinajstić information content (AvgIpc) is 2.11. The van der Waals surface area contributed by atoms with E-state index in [-0.39, 0.29) is 0 Å². The zero-order valence-electron chi connectivity index (χ0n) is 7.73. The molecular formula is C9H13BrN2O. The Balaban J connectivity index is 3.11. The molecule has 3 N–H and O–H groups in total. The molecule has 4 heteroatoms. The summed E-state index contributed by atoms with van der Waals surface area (Å²) in [6.07, 6.45) is 0. The minimum Gasteiger partial charge on any atom is -0.493 e. The molecule has 13 heavy (non-hydrogen) atoms. The number of halogens is 1. The third kappa shape index (κ3) is 2.06. The Kier molecular flexibility index (Phi) is 3.42. The number of hydrogen-bond acceptors (Lipinski definition) is 3. The van der Waals surface area contributed by atoms with E-state index in [0.717, 1.165) is 16.7 Å². The van der Waals surface area contributed by atoms with Crippen molar-refractivity contribution in [3.8, 4) is 5.75 Å². The lowest BCUT2D eigenvalue weighted by molar-refractivity contribution is 0.414. The van der Waals surface area contributed by atoms with E-state index in [0.29, 0.717) is 11.4 Å². The standard InChI is InChI=1S/C9H13BrN2O/c1-3-12-7-5-4-6(10)9(13-2)8(7)11/h4-5,12H,3,11H2,1-2H3. The maximum absolute atomic E-state index is 5.86. The van der Waals surface area contributed by atoms with Crippen molar-refractivity contribution in [3.63, 3.8) is 0 Å². The fourth-order valence-electron chi connectivity index (χ4n) is 1.12. The third-order valence-electron chi connectivity index (χ3n) is 1.72. The van der Waals surface area contributed by atoms with Gasteiger partial charge in [-0.3, -0.25) is 0 Å². The van der Waals surface area contributed by atoms with Crippen LogP contribution in [-0.2, 0) is 0 Å². The molecule has 0 aliphatic carbocycles. The lowest BCUT2D eigenvalue weighted by Gasteiger charge is -2.12. The van der Waals surface area contributed by atoms with Crippen LogP contribution in [0.25, 0.3) is 0 Å². The highest BCUT2D eigenvalue weighted by Crippen LogP contribution is 2.36. The van der Waals surface area contributed by atoms with Gasteiger partial charge >= 0.3 is 0 Å². The molecule has 0 saturated carbocycles. The van der Waals surface area contributed by atoms with Crippen LogP contribution in [0.4, 0.5) is 11.4 Å². The monoisotopic (exact) mass is 244 g/mol. The summed E-state index contributed by atoms with van der Waals surface area (Å²) in [7, 11) is 1.60. The Morgan fingerprint density at radius 2 is 2.23 bits per heavy atom. The maximum Gasteiger partial charge on any atom is 0.158 e. The smallest absolute Gasteiger partial charge is 0.158 e. The number of nitrogen functional groups attached to an aromatic ring is 1. The van der Waals surface area contributed by atoms with Gasteiger partial charge in [-0.15, -0.1) is 0 Å². The summed E-state index contributed by atoms with van der Waals surface area (Å²) in [6.45, 7) is 2.86. The van der Waals surface area contributed by atoms with Gasteiger partial charge in [-0.05, 0) is 35.0 Å². The van der Waals surface area contributed by atoms with Gasteiger partial charge in [0, 0.05) is 6.54 Å². The van der Waals surface area contributed by atoms with Crippen molar-refractivity contribution in [1.29, 1.82) is 0 Å². The first-order valence-electron chi connectivity index (χ1n) is 4.06. The molecule has 1 rings (SSSR count). The second kappa shape index (κ2) is 4.37. The lowest BCUT2D eigenvalue weighted by atomic mass is 10.2. The summed E-state index contributed by atoms with van der Waals surface area (Å²) in [4.78, 5) is 0. The molecule has 0 saturated heterocycles. The minimum atomic E-state index is 0.638. The second-order valence-corrected chi connectivity index (χ2v) is 3.43. The van der Waals surface area contributed by atoms with Gasteiger partial charge in [0.05, 0.1) is 23.0 Å². The van der Waals surface area contributed by atoms with E-state index in [1.54, 1.807) is 7.11 Å². The van der Waals surface area contributed by atoms with Crippen LogP contribution in [0, 0.1) is 0 Å². The molecule has 0 aliphatic rings. The van der Waals surface area contributed by atoms with Crippen molar-refractivity contribution < 1.29 is 4.74 Å². The van der Waals surface area contributed by atoms with Gasteiger partial charge in [0.2, 0.25) is 0 Å². The number of nitrogens with one attached hydrogen (secondary N) is 1. The Morgan fingerprint density at radius 3 is 2.77 bits per heavy atom. The topological polar surface area (TPSA) is 47.3 Å². The number of methoxy groups -OCH3 is 1. The highest BCUT2D eigenvalue weighted by Gasteiger charge is 2.08. The van der Waals surface area contributed by atoms with Gasteiger partial charge in [-0.1, -0.05) is 0 Å². The van der Waals surface area contributed by atoms with Crippen LogP contribution >= 0.6 is 15.9 Å². The molecule has 0 aliphatic heterocycles. The van der Waals surface area contributed by atoms with Crippen molar-refractivity contribution in [2.45, 2.75) is 6.92 Å². The van der Waals surface area contributed by atoms with Crippen LogP contribution < -0.4 is 15.8 Å². The van der Waals surface area contributed by atoms with Crippen LogP contribution in [0.3, 0.4) is 0 Å². The number of hydrogen-bond donors (Lipinski definition) is 2. The number of anilines is 2. The summed E-state index contributed by atoms with van der Waals surface area (Å²) in [5, 5.41) is 3.15. The molecule has 3 nitrogen and oxygen atoms in total. The van der Waals surface area contributed by atoms with E-state index in [4.69, 9.17) is 10.5 Å². The van der Waals surface area contributed by atoms with Crippen molar-refractivity contribution in [2.75, 3.05) is 24.7 Å². The third-order valence-corrected chi connectivity index (χ3v) is 2.34. The fourth-order valence-corrected chi connectivity index (χ4v) is 1.63. The van der Waals surface area contributed by atoms with Crippen LogP contribution in [0.2, 0.25) is 0 Å². The van der Waals surface area contributed by atoms with E-state index in [9.17, 15) is 0 Å². The Morgan fingerprint density at radius 1 is 1.54 bits per heavy atom. The minimum absolute atomic E-state index is 0.638. The molecule has 0 radical (unpaired) electrons.